The Kier molecular flexibility index (Phi) is 7.23. The van der Waals surface area contributed by atoms with Crippen molar-refractivity contribution in [2.24, 2.45) is 0 Å². The molecule has 9 nitrogen and oxygen atoms in total. The highest BCUT2D eigenvalue weighted by molar-refractivity contribution is 7.90. The molecule has 0 spiro atoms. The van der Waals surface area contributed by atoms with Crippen molar-refractivity contribution in [3.05, 3.63) is 60.5 Å². The van der Waals surface area contributed by atoms with Crippen LogP contribution in [0.15, 0.2) is 60.5 Å². The van der Waals surface area contributed by atoms with Crippen molar-refractivity contribution in [1.29, 1.82) is 0 Å². The summed E-state index contributed by atoms with van der Waals surface area (Å²) in [7, 11) is 0.0244. The highest BCUT2D eigenvalue weighted by Gasteiger charge is 2.25. The third kappa shape index (κ3) is 5.26. The van der Waals surface area contributed by atoms with Gasteiger partial charge in [0.2, 0.25) is 10.0 Å². The minimum absolute atomic E-state index is 0.163. The molecule has 0 bridgehead atoms. The summed E-state index contributed by atoms with van der Waals surface area (Å²) in [6.45, 7) is 0.982. The van der Waals surface area contributed by atoms with Crippen molar-refractivity contribution in [2.45, 2.75) is 24.5 Å². The van der Waals surface area contributed by atoms with Crippen LogP contribution in [0.5, 0.6) is 5.75 Å². The van der Waals surface area contributed by atoms with Crippen molar-refractivity contribution in [2.75, 3.05) is 25.5 Å². The molecule has 2 aromatic heterocycles. The molecular weight excluding hydrogens is 453 g/mol. The van der Waals surface area contributed by atoms with Gasteiger partial charge in [-0.2, -0.15) is 9.61 Å². The fraction of sp³-hybridized carbons (Fsp3) is 0.304. The number of allylic oxidation sites excluding steroid dienone is 3. The van der Waals surface area contributed by atoms with E-state index in [9.17, 15) is 13.5 Å². The monoisotopic (exact) mass is 481 g/mol. The maximum Gasteiger partial charge on any atom is 0.218 e. The zero-order valence-electron chi connectivity index (χ0n) is 19.2. The molecule has 3 aromatic rings. The number of hydrogen-bond acceptors (Lipinski definition) is 7. The van der Waals surface area contributed by atoms with E-state index in [1.807, 2.05) is 26.0 Å². The van der Waals surface area contributed by atoms with E-state index in [1.54, 1.807) is 48.2 Å². The highest BCUT2D eigenvalue weighted by Crippen LogP contribution is 2.29. The van der Waals surface area contributed by atoms with Crippen LogP contribution in [-0.2, 0) is 14.8 Å². The summed E-state index contributed by atoms with van der Waals surface area (Å²) in [5, 5.41) is 17.4. The molecular formula is C23H28BN5O4S. The van der Waals surface area contributed by atoms with Gasteiger partial charge in [-0.05, 0) is 36.5 Å². The molecule has 0 aliphatic heterocycles. The first-order chi connectivity index (χ1) is 16.4. The summed E-state index contributed by atoms with van der Waals surface area (Å²) in [5.74, 6) is 1.57. The van der Waals surface area contributed by atoms with Crippen molar-refractivity contribution < 1.29 is 18.3 Å². The van der Waals surface area contributed by atoms with Gasteiger partial charge in [0.25, 0.3) is 0 Å². The molecule has 1 unspecified atom stereocenters. The van der Waals surface area contributed by atoms with Crippen LogP contribution in [-0.4, -0.2) is 61.4 Å². The van der Waals surface area contributed by atoms with Crippen LogP contribution < -0.4 is 15.5 Å². The molecule has 1 aliphatic rings. The van der Waals surface area contributed by atoms with Gasteiger partial charge in [-0.15, -0.1) is 0 Å². The fourth-order valence-corrected chi connectivity index (χ4v) is 5.12. The SMILES string of the molecule is Bc1cnn2c(NCCCCNS(=O)(=O)C3C=CC=C(OC)C3)cc(-c3ccccc3O)nc12. The Morgan fingerprint density at radius 2 is 2.06 bits per heavy atom. The summed E-state index contributed by atoms with van der Waals surface area (Å²) in [5.41, 5.74) is 2.93. The molecule has 4 rings (SSSR count). The van der Waals surface area contributed by atoms with Gasteiger partial charge in [-0.3, -0.25) is 0 Å². The number of para-hydroxylation sites is 1. The van der Waals surface area contributed by atoms with Crippen LogP contribution in [0.4, 0.5) is 5.82 Å². The van der Waals surface area contributed by atoms with Gasteiger partial charge in [0.05, 0.1) is 18.6 Å². The number of phenols is 1. The first-order valence-electron chi connectivity index (χ1n) is 11.2. The lowest BCUT2D eigenvalue weighted by Crippen LogP contribution is -2.35. The number of benzene rings is 1. The quantitative estimate of drug-likeness (QED) is 0.295. The third-order valence-corrected chi connectivity index (χ3v) is 7.44. The Morgan fingerprint density at radius 3 is 2.85 bits per heavy atom. The number of nitrogens with one attached hydrogen (secondary N) is 2. The van der Waals surface area contributed by atoms with Crippen LogP contribution in [0.2, 0.25) is 0 Å². The minimum Gasteiger partial charge on any atom is -0.507 e. The average molecular weight is 481 g/mol. The first-order valence-corrected chi connectivity index (χ1v) is 12.7. The Labute approximate surface area is 200 Å². The van der Waals surface area contributed by atoms with Crippen molar-refractivity contribution in [3.63, 3.8) is 0 Å². The van der Waals surface area contributed by atoms with E-state index >= 15 is 0 Å². The molecule has 34 heavy (non-hydrogen) atoms. The number of unbranched alkanes of at least 4 members (excludes halogenated alkanes) is 1. The van der Waals surface area contributed by atoms with E-state index in [2.05, 4.69) is 20.1 Å². The van der Waals surface area contributed by atoms with Crippen LogP contribution >= 0.6 is 0 Å². The molecule has 2 heterocycles. The number of sulfonamides is 1. The van der Waals surface area contributed by atoms with Crippen molar-refractivity contribution >= 4 is 34.8 Å². The van der Waals surface area contributed by atoms with E-state index in [4.69, 9.17) is 4.74 Å². The van der Waals surface area contributed by atoms with Crippen LogP contribution in [0.25, 0.3) is 16.9 Å². The Hall–Kier alpha value is -3.31. The summed E-state index contributed by atoms with van der Waals surface area (Å²) in [4.78, 5) is 4.67. The number of nitrogens with zero attached hydrogens (tertiary/aromatic N) is 3. The second-order valence-electron chi connectivity index (χ2n) is 8.14. The summed E-state index contributed by atoms with van der Waals surface area (Å²) in [6.07, 6.45) is 8.68. The van der Waals surface area contributed by atoms with Gasteiger partial charge in [-0.25, -0.2) is 18.1 Å². The zero-order valence-corrected chi connectivity index (χ0v) is 20.0. The summed E-state index contributed by atoms with van der Waals surface area (Å²) in [6, 6.07) is 8.94. The normalized spacial score (nSPS) is 15.9. The molecule has 0 saturated carbocycles. The number of aromatic hydroxyl groups is 1. The second kappa shape index (κ2) is 10.3. The molecule has 0 saturated heterocycles. The number of rotatable bonds is 10. The van der Waals surface area contributed by atoms with Crippen LogP contribution in [0, 0.1) is 0 Å². The number of ether oxygens (including phenoxy) is 1. The topological polar surface area (TPSA) is 118 Å². The number of aromatic nitrogens is 3. The molecule has 1 aliphatic carbocycles. The lowest BCUT2D eigenvalue weighted by atomic mass is 10.0. The van der Waals surface area contributed by atoms with Crippen LogP contribution in [0.1, 0.15) is 19.3 Å². The highest BCUT2D eigenvalue weighted by atomic mass is 32.2. The number of methoxy groups -OCH3 is 1. The van der Waals surface area contributed by atoms with Gasteiger partial charge in [0.15, 0.2) is 5.65 Å². The third-order valence-electron chi connectivity index (χ3n) is 5.71. The first kappa shape index (κ1) is 23.8. The van der Waals surface area contributed by atoms with E-state index in [0.717, 1.165) is 17.7 Å². The van der Waals surface area contributed by atoms with E-state index < -0.39 is 15.3 Å². The predicted octanol–water partition coefficient (Wildman–Crippen LogP) is 1.33. The van der Waals surface area contributed by atoms with Crippen molar-refractivity contribution in [1.82, 2.24) is 19.3 Å². The zero-order chi connectivity index (χ0) is 24.1. The van der Waals surface area contributed by atoms with Gasteiger partial charge in [0, 0.05) is 37.3 Å². The molecule has 3 N–H and O–H groups in total. The summed E-state index contributed by atoms with van der Waals surface area (Å²) >= 11 is 0. The molecule has 1 aromatic carbocycles. The molecule has 178 valence electrons. The predicted molar refractivity (Wildman–Crippen MR) is 136 cm³/mol. The van der Waals surface area contributed by atoms with Gasteiger partial charge >= 0.3 is 0 Å². The molecule has 0 amide bonds. The maximum atomic E-state index is 12.5. The average Bonchev–Trinajstić information content (AvgIpc) is 3.22. The van der Waals surface area contributed by atoms with E-state index in [-0.39, 0.29) is 5.75 Å². The van der Waals surface area contributed by atoms with Crippen molar-refractivity contribution in [3.8, 4) is 17.0 Å². The van der Waals surface area contributed by atoms with Crippen LogP contribution in [0.3, 0.4) is 0 Å². The number of phenolic OH excluding ortho intramolecular Hbond substituents is 1. The largest absolute Gasteiger partial charge is 0.507 e. The summed E-state index contributed by atoms with van der Waals surface area (Å²) < 4.78 is 34.7. The number of hydrogen-bond donors (Lipinski definition) is 3. The molecule has 1 atom stereocenters. The minimum atomic E-state index is -3.46. The second-order valence-corrected chi connectivity index (χ2v) is 10.1. The Morgan fingerprint density at radius 1 is 1.26 bits per heavy atom. The Bertz CT molecular complexity index is 1340. The lowest BCUT2D eigenvalue weighted by molar-refractivity contribution is 0.276. The van der Waals surface area contributed by atoms with Gasteiger partial charge in [-0.1, -0.05) is 24.3 Å². The van der Waals surface area contributed by atoms with Gasteiger partial charge < -0.3 is 15.2 Å². The molecule has 0 fully saturated rings. The van der Waals surface area contributed by atoms with E-state index in [1.165, 1.54) is 0 Å². The number of fused-ring (bicyclic) bond motifs is 1. The number of anilines is 1. The molecule has 11 heteroatoms. The maximum absolute atomic E-state index is 12.5. The lowest BCUT2D eigenvalue weighted by Gasteiger charge is -2.18. The van der Waals surface area contributed by atoms with E-state index in [0.29, 0.717) is 48.6 Å². The smallest absolute Gasteiger partial charge is 0.218 e. The fourth-order valence-electron chi connectivity index (χ4n) is 3.80. The van der Waals surface area contributed by atoms with Gasteiger partial charge in [0.1, 0.15) is 24.7 Å². The standard InChI is InChI=1S/C23H28BN5O4S/c1-33-16-7-6-8-17(13-16)34(31,32)27-12-5-4-11-25-22-14-20(18-9-2-3-10-21(18)30)28-23-19(24)15-26-29(22)23/h2-3,6-10,14-15,17,25,27,30H,4-5,11-13,24H2,1H3. The Balaban J connectivity index is 1.35. The molecule has 0 radical (unpaired) electrons.